The SMILES string of the molecule is COCOc1c(OC)ccc2[nH]c(-c3ccccc3)c(C)c12. The van der Waals surface area contributed by atoms with Crippen molar-refractivity contribution in [2.75, 3.05) is 21.0 Å². The van der Waals surface area contributed by atoms with Gasteiger partial charge in [0.2, 0.25) is 0 Å². The van der Waals surface area contributed by atoms with Gasteiger partial charge in [0, 0.05) is 18.2 Å². The first-order valence-electron chi connectivity index (χ1n) is 7.12. The van der Waals surface area contributed by atoms with E-state index in [-0.39, 0.29) is 6.79 Å². The van der Waals surface area contributed by atoms with Crippen LogP contribution in [0.4, 0.5) is 0 Å². The van der Waals surface area contributed by atoms with Gasteiger partial charge < -0.3 is 19.2 Å². The number of aromatic amines is 1. The van der Waals surface area contributed by atoms with E-state index in [4.69, 9.17) is 14.2 Å². The minimum absolute atomic E-state index is 0.181. The van der Waals surface area contributed by atoms with E-state index < -0.39 is 0 Å². The maximum absolute atomic E-state index is 5.75. The number of nitrogens with one attached hydrogen (secondary N) is 1. The number of H-pyrrole nitrogens is 1. The molecule has 2 aromatic carbocycles. The van der Waals surface area contributed by atoms with E-state index >= 15 is 0 Å². The van der Waals surface area contributed by atoms with Crippen LogP contribution in [0.3, 0.4) is 0 Å². The quantitative estimate of drug-likeness (QED) is 0.720. The standard InChI is InChI=1S/C18H19NO3/c1-12-16-14(19-17(12)13-7-5-4-6-8-13)9-10-15(21-3)18(16)22-11-20-2/h4-10,19H,11H2,1-3H3. The number of hydrogen-bond acceptors (Lipinski definition) is 3. The van der Waals surface area contributed by atoms with Gasteiger partial charge in [0.05, 0.1) is 12.6 Å². The zero-order valence-corrected chi connectivity index (χ0v) is 13.0. The number of benzene rings is 2. The molecule has 0 saturated carbocycles. The highest BCUT2D eigenvalue weighted by molar-refractivity contribution is 5.96. The van der Waals surface area contributed by atoms with E-state index in [0.717, 1.165) is 27.7 Å². The lowest BCUT2D eigenvalue weighted by Crippen LogP contribution is -2.01. The molecule has 4 nitrogen and oxygen atoms in total. The Balaban J connectivity index is 2.21. The first-order chi connectivity index (χ1) is 10.8. The molecule has 1 N–H and O–H groups in total. The molecule has 1 heterocycles. The van der Waals surface area contributed by atoms with Gasteiger partial charge in [-0.3, -0.25) is 0 Å². The molecule has 0 spiro atoms. The average molecular weight is 297 g/mol. The first kappa shape index (κ1) is 14.5. The summed E-state index contributed by atoms with van der Waals surface area (Å²) in [4.78, 5) is 3.47. The number of methoxy groups -OCH3 is 2. The molecule has 0 unspecified atom stereocenters. The van der Waals surface area contributed by atoms with E-state index in [1.54, 1.807) is 14.2 Å². The fourth-order valence-corrected chi connectivity index (χ4v) is 2.71. The molecule has 1 aromatic heterocycles. The molecular weight excluding hydrogens is 278 g/mol. The number of aromatic nitrogens is 1. The summed E-state index contributed by atoms with van der Waals surface area (Å²) in [6, 6.07) is 14.2. The summed E-state index contributed by atoms with van der Waals surface area (Å²) in [6.45, 7) is 2.26. The van der Waals surface area contributed by atoms with Gasteiger partial charge in [0.15, 0.2) is 18.3 Å². The minimum Gasteiger partial charge on any atom is -0.493 e. The molecule has 0 fully saturated rings. The molecule has 0 aliphatic rings. The minimum atomic E-state index is 0.181. The van der Waals surface area contributed by atoms with Gasteiger partial charge in [0.1, 0.15) is 0 Å². The van der Waals surface area contributed by atoms with E-state index in [2.05, 4.69) is 24.0 Å². The van der Waals surface area contributed by atoms with Crippen molar-refractivity contribution >= 4 is 10.9 Å². The predicted molar refractivity (Wildman–Crippen MR) is 87.5 cm³/mol. The normalized spacial score (nSPS) is 10.9. The highest BCUT2D eigenvalue weighted by atomic mass is 16.7. The van der Waals surface area contributed by atoms with Gasteiger partial charge in [-0.25, -0.2) is 0 Å². The highest BCUT2D eigenvalue weighted by Crippen LogP contribution is 2.40. The Hall–Kier alpha value is -2.46. The maximum atomic E-state index is 5.75. The molecule has 0 atom stereocenters. The lowest BCUT2D eigenvalue weighted by molar-refractivity contribution is 0.0503. The van der Waals surface area contributed by atoms with Crippen molar-refractivity contribution in [2.24, 2.45) is 0 Å². The lowest BCUT2D eigenvalue weighted by atomic mass is 10.1. The van der Waals surface area contributed by atoms with Crippen LogP contribution in [0.15, 0.2) is 42.5 Å². The van der Waals surface area contributed by atoms with E-state index in [0.29, 0.717) is 11.5 Å². The maximum Gasteiger partial charge on any atom is 0.188 e. The number of hydrogen-bond donors (Lipinski definition) is 1. The Bertz CT molecular complexity index is 778. The molecule has 114 valence electrons. The third kappa shape index (κ3) is 2.42. The van der Waals surface area contributed by atoms with Crippen molar-refractivity contribution in [3.8, 4) is 22.8 Å². The Morgan fingerprint density at radius 2 is 1.77 bits per heavy atom. The van der Waals surface area contributed by atoms with Crippen molar-refractivity contribution in [1.29, 1.82) is 0 Å². The van der Waals surface area contributed by atoms with Crippen molar-refractivity contribution < 1.29 is 14.2 Å². The molecule has 22 heavy (non-hydrogen) atoms. The molecule has 0 radical (unpaired) electrons. The highest BCUT2D eigenvalue weighted by Gasteiger charge is 2.17. The van der Waals surface area contributed by atoms with Crippen LogP contribution in [0.5, 0.6) is 11.5 Å². The van der Waals surface area contributed by atoms with Gasteiger partial charge in [-0.15, -0.1) is 0 Å². The molecule has 0 amide bonds. The van der Waals surface area contributed by atoms with Crippen LogP contribution in [0, 0.1) is 6.92 Å². The second kappa shape index (κ2) is 6.12. The van der Waals surface area contributed by atoms with Gasteiger partial charge in [-0.05, 0) is 30.2 Å². The van der Waals surface area contributed by atoms with Crippen LogP contribution in [0.1, 0.15) is 5.56 Å². The molecule has 0 saturated heterocycles. The second-order valence-corrected chi connectivity index (χ2v) is 5.06. The van der Waals surface area contributed by atoms with Crippen molar-refractivity contribution in [3.63, 3.8) is 0 Å². The molecule has 0 aliphatic heterocycles. The summed E-state index contributed by atoms with van der Waals surface area (Å²) in [5, 5.41) is 1.02. The molecule has 3 aromatic rings. The van der Waals surface area contributed by atoms with Crippen LogP contribution >= 0.6 is 0 Å². The van der Waals surface area contributed by atoms with Crippen LogP contribution in [0.2, 0.25) is 0 Å². The Kier molecular flexibility index (Phi) is 4.02. The third-order valence-corrected chi connectivity index (χ3v) is 3.73. The predicted octanol–water partition coefficient (Wildman–Crippen LogP) is 4.13. The second-order valence-electron chi connectivity index (χ2n) is 5.06. The fourth-order valence-electron chi connectivity index (χ4n) is 2.71. The number of ether oxygens (including phenoxy) is 3. The van der Waals surface area contributed by atoms with Gasteiger partial charge >= 0.3 is 0 Å². The van der Waals surface area contributed by atoms with Crippen LogP contribution in [-0.2, 0) is 4.74 Å². The smallest absolute Gasteiger partial charge is 0.188 e. The lowest BCUT2D eigenvalue weighted by Gasteiger charge is -2.11. The van der Waals surface area contributed by atoms with E-state index in [1.165, 1.54) is 0 Å². The van der Waals surface area contributed by atoms with Gasteiger partial charge in [-0.1, -0.05) is 30.3 Å². The number of aryl methyl sites for hydroxylation is 1. The molecule has 4 heteroatoms. The summed E-state index contributed by atoms with van der Waals surface area (Å²) in [6.07, 6.45) is 0. The number of fused-ring (bicyclic) bond motifs is 1. The largest absolute Gasteiger partial charge is 0.493 e. The van der Waals surface area contributed by atoms with Crippen molar-refractivity contribution in [1.82, 2.24) is 4.98 Å². The monoisotopic (exact) mass is 297 g/mol. The summed E-state index contributed by atoms with van der Waals surface area (Å²) < 4.78 is 16.2. The Labute approximate surface area is 129 Å². The summed E-state index contributed by atoms with van der Waals surface area (Å²) in [5.74, 6) is 1.41. The Morgan fingerprint density at radius 3 is 2.45 bits per heavy atom. The topological polar surface area (TPSA) is 43.5 Å². The van der Waals surface area contributed by atoms with Crippen LogP contribution in [0.25, 0.3) is 22.2 Å². The molecular formula is C18H19NO3. The number of rotatable bonds is 5. The van der Waals surface area contributed by atoms with E-state index in [9.17, 15) is 0 Å². The van der Waals surface area contributed by atoms with Crippen molar-refractivity contribution in [2.45, 2.75) is 6.92 Å². The summed E-state index contributed by atoms with van der Waals surface area (Å²) in [5.41, 5.74) is 4.38. The van der Waals surface area contributed by atoms with Crippen LogP contribution in [-0.4, -0.2) is 26.0 Å². The zero-order chi connectivity index (χ0) is 15.5. The summed E-state index contributed by atoms with van der Waals surface area (Å²) >= 11 is 0. The van der Waals surface area contributed by atoms with E-state index in [1.807, 2.05) is 30.3 Å². The molecule has 0 aliphatic carbocycles. The fraction of sp³-hybridized carbons (Fsp3) is 0.222. The molecule has 3 rings (SSSR count). The average Bonchev–Trinajstić information content (AvgIpc) is 2.90. The Morgan fingerprint density at radius 1 is 1.00 bits per heavy atom. The summed E-state index contributed by atoms with van der Waals surface area (Å²) in [7, 11) is 3.24. The van der Waals surface area contributed by atoms with Crippen LogP contribution < -0.4 is 9.47 Å². The van der Waals surface area contributed by atoms with Gasteiger partial charge in [0.25, 0.3) is 0 Å². The zero-order valence-electron chi connectivity index (χ0n) is 13.0. The van der Waals surface area contributed by atoms with Crippen molar-refractivity contribution in [3.05, 3.63) is 48.0 Å². The molecule has 0 bridgehead atoms. The first-order valence-corrected chi connectivity index (χ1v) is 7.12. The van der Waals surface area contributed by atoms with Gasteiger partial charge in [-0.2, -0.15) is 0 Å². The third-order valence-electron chi connectivity index (χ3n) is 3.73.